The van der Waals surface area contributed by atoms with Crippen molar-refractivity contribution >= 4 is 44.9 Å². The Labute approximate surface area is 243 Å². The van der Waals surface area contributed by atoms with Crippen LogP contribution in [0.4, 0.5) is 34.1 Å². The first-order valence-electron chi connectivity index (χ1n) is 14.1. The fourth-order valence-corrected chi connectivity index (χ4v) is 11.0. The minimum absolute atomic E-state index is 0.115. The van der Waals surface area contributed by atoms with Crippen LogP contribution in [0.5, 0.6) is 0 Å². The number of hydrogen-bond acceptors (Lipinski definition) is 4. The van der Waals surface area contributed by atoms with Crippen LogP contribution in [0.2, 0.25) is 0 Å². The summed E-state index contributed by atoms with van der Waals surface area (Å²) in [6, 6.07) is 52.8. The molecule has 4 nitrogen and oxygen atoms in total. The van der Waals surface area contributed by atoms with Gasteiger partial charge in [0.15, 0.2) is 0 Å². The molecule has 0 aromatic heterocycles. The summed E-state index contributed by atoms with van der Waals surface area (Å²) >= 11 is 0. The molecule has 0 radical (unpaired) electrons. The lowest BCUT2D eigenvalue weighted by Gasteiger charge is -2.57. The van der Waals surface area contributed by atoms with Gasteiger partial charge in [0, 0.05) is 0 Å². The molecule has 5 aromatic rings. The molecule has 200 valence electrons. The molecule has 8 rings (SSSR count). The molecule has 1 aliphatic carbocycles. The third-order valence-corrected chi connectivity index (χ3v) is 11.7. The Morgan fingerprint density at radius 2 is 0.683 bits per heavy atom. The molecule has 2 unspecified atom stereocenters. The minimum atomic E-state index is -2.21. The molecule has 0 amide bonds. The summed E-state index contributed by atoms with van der Waals surface area (Å²) in [5.41, 5.74) is 7.14. The van der Waals surface area contributed by atoms with Gasteiger partial charge >= 0.3 is 0 Å². The summed E-state index contributed by atoms with van der Waals surface area (Å²) in [6.45, 7) is 0. The lowest BCUT2D eigenvalue weighted by Crippen LogP contribution is -2.47. The normalized spacial score (nSPS) is 20.8. The first kappa shape index (κ1) is 24.0. The van der Waals surface area contributed by atoms with Gasteiger partial charge in [-0.1, -0.05) is 109 Å². The van der Waals surface area contributed by atoms with Crippen LogP contribution < -0.4 is 17.2 Å². The molecule has 3 aliphatic rings. The van der Waals surface area contributed by atoms with Crippen molar-refractivity contribution < 1.29 is 0 Å². The highest BCUT2D eigenvalue weighted by Gasteiger charge is 2.64. The maximum Gasteiger partial charge on any atom is 0.0944 e. The number of para-hydroxylation sites is 6. The Morgan fingerprint density at radius 3 is 1.05 bits per heavy atom. The van der Waals surface area contributed by atoms with Crippen LogP contribution in [0.15, 0.2) is 170 Å². The zero-order valence-electron chi connectivity index (χ0n) is 22.5. The van der Waals surface area contributed by atoms with Crippen molar-refractivity contribution in [1.29, 1.82) is 0 Å². The Kier molecular flexibility index (Phi) is 5.64. The molecular formula is C36H30N4S. The van der Waals surface area contributed by atoms with E-state index in [0.29, 0.717) is 0 Å². The van der Waals surface area contributed by atoms with Crippen molar-refractivity contribution in [3.63, 3.8) is 0 Å². The van der Waals surface area contributed by atoms with Gasteiger partial charge in [0.05, 0.1) is 57.0 Å². The SMILES string of the molecule is C1=CC2C(C=C1)N(c1ccccc1)S1(N(c3ccccc3)c3ccccc3N1c1ccccc1)N2c1ccccc1. The second-order valence-corrected chi connectivity index (χ2v) is 12.8. The van der Waals surface area contributed by atoms with Crippen LogP contribution in [0.3, 0.4) is 0 Å². The molecule has 41 heavy (non-hydrogen) atoms. The maximum atomic E-state index is 2.70. The summed E-state index contributed by atoms with van der Waals surface area (Å²) in [6.07, 6.45) is 9.18. The Hall–Kier alpha value is -4.87. The molecule has 0 N–H and O–H groups in total. The first-order chi connectivity index (χ1) is 20.4. The molecule has 5 heteroatoms. The molecule has 2 atom stereocenters. The van der Waals surface area contributed by atoms with Crippen LogP contribution in [0, 0.1) is 0 Å². The van der Waals surface area contributed by atoms with E-state index in [4.69, 9.17) is 0 Å². The predicted octanol–water partition coefficient (Wildman–Crippen LogP) is 9.33. The van der Waals surface area contributed by atoms with E-state index in [1.54, 1.807) is 0 Å². The average Bonchev–Trinajstić information content (AvgIpc) is 3.51. The van der Waals surface area contributed by atoms with Crippen molar-refractivity contribution in [1.82, 2.24) is 0 Å². The quantitative estimate of drug-likeness (QED) is 0.221. The minimum Gasteiger partial charge on any atom is -0.277 e. The largest absolute Gasteiger partial charge is 0.277 e. The molecule has 2 heterocycles. The lowest BCUT2D eigenvalue weighted by molar-refractivity contribution is 0.745. The third-order valence-electron chi connectivity index (χ3n) is 7.96. The molecule has 0 bridgehead atoms. The number of nitrogens with zero attached hydrogens (tertiary/aromatic N) is 4. The van der Waals surface area contributed by atoms with E-state index in [1.807, 2.05) is 0 Å². The fraction of sp³-hybridized carbons (Fsp3) is 0.0556. The summed E-state index contributed by atoms with van der Waals surface area (Å²) in [7, 11) is -2.21. The van der Waals surface area contributed by atoms with Gasteiger partial charge in [-0.3, -0.25) is 17.2 Å². The van der Waals surface area contributed by atoms with Gasteiger partial charge in [0.1, 0.15) is 0 Å². The van der Waals surface area contributed by atoms with Crippen molar-refractivity contribution in [2.75, 3.05) is 17.2 Å². The summed E-state index contributed by atoms with van der Waals surface area (Å²) in [5.74, 6) is 0. The van der Waals surface area contributed by atoms with E-state index in [9.17, 15) is 0 Å². The Bertz CT molecular complexity index is 1590. The number of fused-ring (bicyclic) bond motifs is 2. The highest BCUT2D eigenvalue weighted by molar-refractivity contribution is 8.38. The van der Waals surface area contributed by atoms with Crippen LogP contribution in [-0.2, 0) is 0 Å². The number of benzene rings is 5. The summed E-state index contributed by atoms with van der Waals surface area (Å²) < 4.78 is 10.6. The fourth-order valence-electron chi connectivity index (χ4n) is 6.41. The highest BCUT2D eigenvalue weighted by Crippen LogP contribution is 2.79. The van der Waals surface area contributed by atoms with Crippen molar-refractivity contribution in [2.45, 2.75) is 12.1 Å². The van der Waals surface area contributed by atoms with Crippen molar-refractivity contribution in [3.05, 3.63) is 170 Å². The van der Waals surface area contributed by atoms with Gasteiger partial charge in [0.25, 0.3) is 0 Å². The van der Waals surface area contributed by atoms with E-state index >= 15 is 0 Å². The summed E-state index contributed by atoms with van der Waals surface area (Å²) in [5, 5.41) is 0. The average molecular weight is 551 g/mol. The molecule has 0 saturated carbocycles. The van der Waals surface area contributed by atoms with Crippen LogP contribution in [0.25, 0.3) is 0 Å². The van der Waals surface area contributed by atoms with Gasteiger partial charge in [-0.15, -0.1) is 0 Å². The van der Waals surface area contributed by atoms with Crippen LogP contribution in [0.1, 0.15) is 0 Å². The number of rotatable bonds is 4. The zero-order chi connectivity index (χ0) is 27.2. The molecule has 1 spiro atoms. The lowest BCUT2D eigenvalue weighted by atomic mass is 10.0. The molecule has 1 saturated heterocycles. The maximum absolute atomic E-state index is 2.70. The second kappa shape index (κ2) is 9.65. The van der Waals surface area contributed by atoms with Gasteiger partial charge in [0.2, 0.25) is 0 Å². The van der Waals surface area contributed by atoms with Crippen molar-refractivity contribution in [2.24, 2.45) is 0 Å². The number of allylic oxidation sites excluding steroid dienone is 2. The molecule has 2 aliphatic heterocycles. The third kappa shape index (κ3) is 3.49. The highest BCUT2D eigenvalue weighted by atomic mass is 32.3. The monoisotopic (exact) mass is 550 g/mol. The van der Waals surface area contributed by atoms with E-state index in [0.717, 1.165) is 0 Å². The molecule has 1 fully saturated rings. The second-order valence-electron chi connectivity index (χ2n) is 10.3. The van der Waals surface area contributed by atoms with Gasteiger partial charge in [-0.25, -0.2) is 0 Å². The van der Waals surface area contributed by atoms with Crippen LogP contribution in [-0.4, -0.2) is 12.1 Å². The summed E-state index contributed by atoms with van der Waals surface area (Å²) in [4.78, 5) is 0. The van der Waals surface area contributed by atoms with E-state index in [2.05, 4.69) is 187 Å². The van der Waals surface area contributed by atoms with E-state index in [-0.39, 0.29) is 12.1 Å². The van der Waals surface area contributed by atoms with E-state index < -0.39 is 10.8 Å². The molecular weight excluding hydrogens is 520 g/mol. The van der Waals surface area contributed by atoms with Crippen molar-refractivity contribution in [3.8, 4) is 0 Å². The van der Waals surface area contributed by atoms with Gasteiger partial charge < -0.3 is 0 Å². The smallest absolute Gasteiger partial charge is 0.0944 e. The number of hydrogen-bond donors (Lipinski definition) is 0. The first-order valence-corrected chi connectivity index (χ1v) is 15.5. The topological polar surface area (TPSA) is 13.0 Å². The Balaban J connectivity index is 1.54. The zero-order valence-corrected chi connectivity index (χ0v) is 23.3. The molecule has 5 aromatic carbocycles. The van der Waals surface area contributed by atoms with Gasteiger partial charge in [-0.05, 0) is 60.7 Å². The number of anilines is 6. The Morgan fingerprint density at radius 1 is 0.366 bits per heavy atom. The van der Waals surface area contributed by atoms with Gasteiger partial charge in [-0.2, -0.15) is 0 Å². The standard InChI is InChI=1S/C36H30N4S/c1-5-17-29(18-6-1)37-33-25-13-14-26-34(33)38(30-19-7-2-8-20-30)41(37)39(31-21-9-3-10-22-31)35-27-15-16-28-36(35)40(41)32-23-11-4-12-24-32/h1-28,33-34H. The van der Waals surface area contributed by atoms with E-state index in [1.165, 1.54) is 34.1 Å². The van der Waals surface area contributed by atoms with Crippen LogP contribution >= 0.6 is 10.8 Å². The predicted molar refractivity (Wildman–Crippen MR) is 175 cm³/mol.